The van der Waals surface area contributed by atoms with Crippen LogP contribution in [0.25, 0.3) is 0 Å². The fourth-order valence-corrected chi connectivity index (χ4v) is 3.52. The second-order valence-electron chi connectivity index (χ2n) is 6.65. The number of ether oxygens (including phenoxy) is 1. The Morgan fingerprint density at radius 2 is 1.95 bits per heavy atom. The van der Waals surface area contributed by atoms with Crippen molar-refractivity contribution in [3.63, 3.8) is 0 Å². The van der Waals surface area contributed by atoms with Crippen molar-refractivity contribution in [1.82, 2.24) is 4.90 Å². The molecule has 1 fully saturated rings. The van der Waals surface area contributed by atoms with E-state index in [1.54, 1.807) is 0 Å². The molecule has 1 aromatic carbocycles. The third-order valence-electron chi connectivity index (χ3n) is 4.71. The molecule has 0 radical (unpaired) electrons. The molecular formula is C18H25NO2. The number of fused-ring (bicyclic) bond motifs is 1. The molecule has 0 spiro atoms. The van der Waals surface area contributed by atoms with E-state index in [1.807, 2.05) is 24.3 Å². The summed E-state index contributed by atoms with van der Waals surface area (Å²) in [4.78, 5) is 14.8. The lowest BCUT2D eigenvalue weighted by atomic mass is 9.88. The van der Waals surface area contributed by atoms with Crippen LogP contribution in [0.15, 0.2) is 24.3 Å². The van der Waals surface area contributed by atoms with Gasteiger partial charge in [-0.15, -0.1) is 0 Å². The quantitative estimate of drug-likeness (QED) is 0.846. The first-order valence-corrected chi connectivity index (χ1v) is 8.20. The molecule has 0 N–H and O–H groups in total. The second-order valence-corrected chi connectivity index (χ2v) is 6.65. The van der Waals surface area contributed by atoms with E-state index >= 15 is 0 Å². The van der Waals surface area contributed by atoms with Gasteiger partial charge in [-0.3, -0.25) is 4.79 Å². The Bertz CT molecular complexity index is 508. The summed E-state index contributed by atoms with van der Waals surface area (Å²) in [5.41, 5.74) is 0.410. The van der Waals surface area contributed by atoms with Crippen molar-refractivity contribution in [3.8, 4) is 5.75 Å². The molecule has 1 aromatic rings. The first kappa shape index (κ1) is 14.6. The Kier molecular flexibility index (Phi) is 4.29. The van der Waals surface area contributed by atoms with E-state index in [1.165, 1.54) is 32.4 Å². The highest BCUT2D eigenvalue weighted by molar-refractivity contribution is 6.00. The minimum atomic E-state index is -0.332. The summed E-state index contributed by atoms with van der Waals surface area (Å²) in [6.45, 7) is 5.69. The average Bonchev–Trinajstić information content (AvgIpc) is 2.48. The number of rotatable bonds is 4. The largest absolute Gasteiger partial charge is 0.486 e. The minimum absolute atomic E-state index is 0.220. The Labute approximate surface area is 127 Å². The van der Waals surface area contributed by atoms with E-state index in [2.05, 4.69) is 11.8 Å². The fourth-order valence-electron chi connectivity index (χ4n) is 3.52. The number of benzene rings is 1. The predicted molar refractivity (Wildman–Crippen MR) is 83.9 cm³/mol. The Balaban J connectivity index is 1.57. The maximum atomic E-state index is 12.3. The van der Waals surface area contributed by atoms with Crippen LogP contribution in [-0.4, -0.2) is 35.9 Å². The lowest BCUT2D eigenvalue weighted by molar-refractivity contribution is 0.0433. The summed E-state index contributed by atoms with van der Waals surface area (Å²) in [7, 11) is 0. The van der Waals surface area contributed by atoms with E-state index in [-0.39, 0.29) is 11.4 Å². The van der Waals surface area contributed by atoms with Gasteiger partial charge in [0, 0.05) is 0 Å². The van der Waals surface area contributed by atoms with Gasteiger partial charge in [0.15, 0.2) is 5.78 Å². The summed E-state index contributed by atoms with van der Waals surface area (Å²) < 4.78 is 6.14. The molecule has 0 saturated carbocycles. The SMILES string of the molecule is CC1(CCCN2CCCCC2)CC(=O)c2ccccc2O1. The number of carbonyl (C=O) groups excluding carboxylic acids is 1. The fraction of sp³-hybridized carbons (Fsp3) is 0.611. The normalized spacial score (nSPS) is 26.2. The van der Waals surface area contributed by atoms with Gasteiger partial charge in [-0.05, 0) is 64.4 Å². The number of Topliss-reactive ketones (excluding diaryl/α,β-unsaturated/α-hetero) is 1. The van der Waals surface area contributed by atoms with Crippen LogP contribution in [0.3, 0.4) is 0 Å². The minimum Gasteiger partial charge on any atom is -0.486 e. The number of para-hydroxylation sites is 1. The molecule has 2 heterocycles. The maximum Gasteiger partial charge on any atom is 0.170 e. The van der Waals surface area contributed by atoms with Crippen LogP contribution >= 0.6 is 0 Å². The molecule has 0 bridgehead atoms. The van der Waals surface area contributed by atoms with Crippen molar-refractivity contribution in [2.45, 2.75) is 51.0 Å². The van der Waals surface area contributed by atoms with E-state index in [4.69, 9.17) is 4.74 Å². The lowest BCUT2D eigenvalue weighted by Crippen LogP contribution is -2.40. The van der Waals surface area contributed by atoms with Crippen molar-refractivity contribution in [3.05, 3.63) is 29.8 Å². The summed E-state index contributed by atoms with van der Waals surface area (Å²) in [5.74, 6) is 0.978. The molecule has 2 aliphatic rings. The van der Waals surface area contributed by atoms with Crippen LogP contribution in [0, 0.1) is 0 Å². The van der Waals surface area contributed by atoms with Crippen LogP contribution in [0.1, 0.15) is 55.8 Å². The predicted octanol–water partition coefficient (Wildman–Crippen LogP) is 3.68. The average molecular weight is 287 g/mol. The summed E-state index contributed by atoms with van der Waals surface area (Å²) in [6.07, 6.45) is 6.60. The molecule has 0 aromatic heterocycles. The first-order valence-electron chi connectivity index (χ1n) is 8.20. The first-order chi connectivity index (χ1) is 10.2. The number of nitrogens with zero attached hydrogens (tertiary/aromatic N) is 1. The standard InChI is InChI=1S/C18H25NO2/c1-18(10-7-13-19-11-5-2-6-12-19)14-16(20)15-8-3-4-9-17(15)21-18/h3-4,8-9H,2,5-7,10-14H2,1H3. The molecule has 1 atom stereocenters. The lowest BCUT2D eigenvalue weighted by Gasteiger charge is -2.36. The zero-order chi connectivity index (χ0) is 14.7. The highest BCUT2D eigenvalue weighted by Gasteiger charge is 2.35. The molecule has 1 unspecified atom stereocenters. The van der Waals surface area contributed by atoms with Crippen molar-refractivity contribution in [2.75, 3.05) is 19.6 Å². The molecule has 3 nitrogen and oxygen atoms in total. The van der Waals surface area contributed by atoms with Crippen molar-refractivity contribution < 1.29 is 9.53 Å². The van der Waals surface area contributed by atoms with Crippen LogP contribution in [-0.2, 0) is 0 Å². The van der Waals surface area contributed by atoms with E-state index in [0.717, 1.165) is 30.7 Å². The Morgan fingerprint density at radius 1 is 1.19 bits per heavy atom. The number of carbonyl (C=O) groups is 1. The summed E-state index contributed by atoms with van der Waals surface area (Å²) in [6, 6.07) is 7.62. The smallest absolute Gasteiger partial charge is 0.170 e. The van der Waals surface area contributed by atoms with E-state index < -0.39 is 0 Å². The van der Waals surface area contributed by atoms with Crippen LogP contribution in [0.5, 0.6) is 5.75 Å². The second kappa shape index (κ2) is 6.18. The van der Waals surface area contributed by atoms with Gasteiger partial charge in [-0.1, -0.05) is 18.6 Å². The monoisotopic (exact) mass is 287 g/mol. The molecule has 21 heavy (non-hydrogen) atoms. The number of piperidine rings is 1. The van der Waals surface area contributed by atoms with E-state index in [0.29, 0.717) is 6.42 Å². The molecule has 3 rings (SSSR count). The van der Waals surface area contributed by atoms with Crippen molar-refractivity contribution in [1.29, 1.82) is 0 Å². The molecule has 1 saturated heterocycles. The molecule has 0 aliphatic carbocycles. The number of hydrogen-bond donors (Lipinski definition) is 0. The molecule has 2 aliphatic heterocycles. The third kappa shape index (κ3) is 3.46. The zero-order valence-electron chi connectivity index (χ0n) is 12.9. The zero-order valence-corrected chi connectivity index (χ0v) is 12.9. The van der Waals surface area contributed by atoms with Crippen molar-refractivity contribution in [2.24, 2.45) is 0 Å². The van der Waals surface area contributed by atoms with Crippen LogP contribution in [0.4, 0.5) is 0 Å². The number of likely N-dealkylation sites (tertiary alicyclic amines) is 1. The van der Waals surface area contributed by atoms with Crippen molar-refractivity contribution >= 4 is 5.78 Å². The Hall–Kier alpha value is -1.35. The molecule has 114 valence electrons. The highest BCUT2D eigenvalue weighted by atomic mass is 16.5. The van der Waals surface area contributed by atoms with Gasteiger partial charge in [0.25, 0.3) is 0 Å². The van der Waals surface area contributed by atoms with Gasteiger partial charge >= 0.3 is 0 Å². The van der Waals surface area contributed by atoms with Gasteiger partial charge in [-0.2, -0.15) is 0 Å². The van der Waals surface area contributed by atoms with Crippen LogP contribution in [0.2, 0.25) is 0 Å². The number of hydrogen-bond acceptors (Lipinski definition) is 3. The Morgan fingerprint density at radius 3 is 2.76 bits per heavy atom. The molecular weight excluding hydrogens is 262 g/mol. The highest BCUT2D eigenvalue weighted by Crippen LogP contribution is 2.35. The van der Waals surface area contributed by atoms with Gasteiger partial charge in [-0.25, -0.2) is 0 Å². The molecule has 3 heteroatoms. The van der Waals surface area contributed by atoms with Gasteiger partial charge < -0.3 is 9.64 Å². The van der Waals surface area contributed by atoms with Gasteiger partial charge in [0.1, 0.15) is 11.4 Å². The third-order valence-corrected chi connectivity index (χ3v) is 4.71. The maximum absolute atomic E-state index is 12.3. The summed E-state index contributed by atoms with van der Waals surface area (Å²) >= 11 is 0. The molecule has 0 amide bonds. The van der Waals surface area contributed by atoms with Crippen LogP contribution < -0.4 is 4.74 Å². The summed E-state index contributed by atoms with van der Waals surface area (Å²) in [5, 5.41) is 0. The van der Waals surface area contributed by atoms with Gasteiger partial charge in [0.2, 0.25) is 0 Å². The van der Waals surface area contributed by atoms with Gasteiger partial charge in [0.05, 0.1) is 12.0 Å². The number of ketones is 1. The van der Waals surface area contributed by atoms with E-state index in [9.17, 15) is 4.79 Å². The topological polar surface area (TPSA) is 29.5 Å².